The summed E-state index contributed by atoms with van der Waals surface area (Å²) in [4.78, 5) is 21.1. The maximum Gasteiger partial charge on any atom is 0.238 e. The molecule has 2 heterocycles. The molecule has 1 aliphatic heterocycles. The van der Waals surface area contributed by atoms with Crippen LogP contribution in [0.4, 0.5) is 10.1 Å². The standard InChI is InChI=1S/C20H25FN4O/c1-15-5-6-17(12-18(15)21)23-20(26)14-25-10-8-24(9-11-25)13-19-16(2)4-3-7-22-19/h3-7,12H,8-11,13-14H2,1-2H3,(H,23,26). The van der Waals surface area contributed by atoms with Crippen molar-refractivity contribution in [3.63, 3.8) is 0 Å². The molecule has 1 amide bonds. The fourth-order valence-electron chi connectivity index (χ4n) is 3.08. The second-order valence-electron chi connectivity index (χ2n) is 6.83. The monoisotopic (exact) mass is 356 g/mol. The van der Waals surface area contributed by atoms with Gasteiger partial charge in [0.15, 0.2) is 0 Å². The molecular formula is C20H25FN4O. The summed E-state index contributed by atoms with van der Waals surface area (Å²) in [6.45, 7) is 8.43. The van der Waals surface area contributed by atoms with Crippen molar-refractivity contribution in [1.29, 1.82) is 0 Å². The van der Waals surface area contributed by atoms with Crippen molar-refractivity contribution in [3.05, 3.63) is 59.2 Å². The highest BCUT2D eigenvalue weighted by atomic mass is 19.1. The first-order valence-electron chi connectivity index (χ1n) is 8.92. The summed E-state index contributed by atoms with van der Waals surface area (Å²) in [6.07, 6.45) is 1.83. The minimum Gasteiger partial charge on any atom is -0.325 e. The van der Waals surface area contributed by atoms with Crippen molar-refractivity contribution in [1.82, 2.24) is 14.8 Å². The Morgan fingerprint density at radius 1 is 1.12 bits per heavy atom. The second-order valence-corrected chi connectivity index (χ2v) is 6.83. The molecule has 6 heteroatoms. The Balaban J connectivity index is 1.45. The molecule has 138 valence electrons. The van der Waals surface area contributed by atoms with Gasteiger partial charge in [0.1, 0.15) is 5.82 Å². The highest BCUT2D eigenvalue weighted by molar-refractivity contribution is 5.92. The lowest BCUT2D eigenvalue weighted by Crippen LogP contribution is -2.48. The number of anilines is 1. The number of nitrogens with zero attached hydrogens (tertiary/aromatic N) is 3. The van der Waals surface area contributed by atoms with Gasteiger partial charge in [0.05, 0.1) is 12.2 Å². The van der Waals surface area contributed by atoms with Gasteiger partial charge in [-0.2, -0.15) is 0 Å². The first-order chi connectivity index (χ1) is 12.5. The van der Waals surface area contributed by atoms with Crippen molar-refractivity contribution in [2.24, 2.45) is 0 Å². The van der Waals surface area contributed by atoms with E-state index >= 15 is 0 Å². The average Bonchev–Trinajstić information content (AvgIpc) is 2.62. The van der Waals surface area contributed by atoms with Crippen molar-refractivity contribution < 1.29 is 9.18 Å². The lowest BCUT2D eigenvalue weighted by molar-refractivity contribution is -0.117. The number of benzene rings is 1. The third-order valence-electron chi connectivity index (χ3n) is 4.78. The van der Waals surface area contributed by atoms with E-state index in [1.54, 1.807) is 19.1 Å². The normalized spacial score (nSPS) is 15.8. The van der Waals surface area contributed by atoms with Gasteiger partial charge < -0.3 is 5.32 Å². The largest absolute Gasteiger partial charge is 0.325 e. The Morgan fingerprint density at radius 3 is 2.54 bits per heavy atom. The second kappa shape index (κ2) is 8.38. The van der Waals surface area contributed by atoms with E-state index in [1.165, 1.54) is 11.6 Å². The first-order valence-corrected chi connectivity index (χ1v) is 8.92. The molecule has 1 saturated heterocycles. The summed E-state index contributed by atoms with van der Waals surface area (Å²) in [5.74, 6) is -0.413. The van der Waals surface area contributed by atoms with Gasteiger partial charge in [-0.05, 0) is 43.2 Å². The molecule has 0 bridgehead atoms. The molecular weight excluding hydrogens is 331 g/mol. The van der Waals surface area contributed by atoms with E-state index in [9.17, 15) is 9.18 Å². The zero-order valence-electron chi connectivity index (χ0n) is 15.3. The molecule has 0 aliphatic carbocycles. The van der Waals surface area contributed by atoms with Crippen molar-refractivity contribution in [2.45, 2.75) is 20.4 Å². The van der Waals surface area contributed by atoms with Gasteiger partial charge >= 0.3 is 0 Å². The van der Waals surface area contributed by atoms with Crippen LogP contribution in [0.5, 0.6) is 0 Å². The molecule has 0 atom stereocenters. The highest BCUT2D eigenvalue weighted by Gasteiger charge is 2.20. The Bertz CT molecular complexity index is 772. The average molecular weight is 356 g/mol. The summed E-state index contributed by atoms with van der Waals surface area (Å²) >= 11 is 0. The number of carbonyl (C=O) groups excluding carboxylic acids is 1. The van der Waals surface area contributed by atoms with Gasteiger partial charge in [-0.25, -0.2) is 4.39 Å². The topological polar surface area (TPSA) is 48.5 Å². The molecule has 3 rings (SSSR count). The van der Waals surface area contributed by atoms with Gasteiger partial charge in [-0.15, -0.1) is 0 Å². The number of amides is 1. The number of piperazine rings is 1. The van der Waals surface area contributed by atoms with Crippen LogP contribution in [-0.2, 0) is 11.3 Å². The van der Waals surface area contributed by atoms with Gasteiger partial charge in [0.25, 0.3) is 0 Å². The zero-order valence-corrected chi connectivity index (χ0v) is 15.3. The minimum atomic E-state index is -0.304. The number of hydrogen-bond acceptors (Lipinski definition) is 4. The highest BCUT2D eigenvalue weighted by Crippen LogP contribution is 2.14. The molecule has 2 aromatic rings. The van der Waals surface area contributed by atoms with Crippen LogP contribution in [0.15, 0.2) is 36.5 Å². The summed E-state index contributed by atoms with van der Waals surface area (Å²) in [5, 5.41) is 2.77. The van der Waals surface area contributed by atoms with Crippen LogP contribution in [0.3, 0.4) is 0 Å². The molecule has 1 aromatic carbocycles. The number of carbonyl (C=O) groups is 1. The Morgan fingerprint density at radius 2 is 1.85 bits per heavy atom. The number of rotatable bonds is 5. The van der Waals surface area contributed by atoms with E-state index in [1.807, 2.05) is 12.3 Å². The Labute approximate surface area is 153 Å². The van der Waals surface area contributed by atoms with E-state index in [0.29, 0.717) is 17.8 Å². The third-order valence-corrected chi connectivity index (χ3v) is 4.78. The summed E-state index contributed by atoms with van der Waals surface area (Å²) in [5.41, 5.74) is 3.39. The molecule has 0 spiro atoms. The number of hydrogen-bond donors (Lipinski definition) is 1. The van der Waals surface area contributed by atoms with E-state index < -0.39 is 0 Å². The van der Waals surface area contributed by atoms with E-state index in [2.05, 4.69) is 33.1 Å². The molecule has 1 fully saturated rings. The molecule has 0 radical (unpaired) electrons. The fourth-order valence-corrected chi connectivity index (χ4v) is 3.08. The van der Waals surface area contributed by atoms with Crippen LogP contribution >= 0.6 is 0 Å². The van der Waals surface area contributed by atoms with Gasteiger partial charge in [0.2, 0.25) is 5.91 Å². The molecule has 0 saturated carbocycles. The zero-order chi connectivity index (χ0) is 18.5. The summed E-state index contributed by atoms with van der Waals surface area (Å²) < 4.78 is 13.6. The smallest absolute Gasteiger partial charge is 0.238 e. The summed E-state index contributed by atoms with van der Waals surface area (Å²) in [6, 6.07) is 8.79. The first kappa shape index (κ1) is 18.5. The van der Waals surface area contributed by atoms with E-state index in [4.69, 9.17) is 0 Å². The van der Waals surface area contributed by atoms with Gasteiger partial charge in [0, 0.05) is 44.6 Å². The maximum atomic E-state index is 13.6. The van der Waals surface area contributed by atoms with Crippen molar-refractivity contribution in [3.8, 4) is 0 Å². The van der Waals surface area contributed by atoms with E-state index in [-0.39, 0.29) is 11.7 Å². The van der Waals surface area contributed by atoms with Crippen molar-refractivity contribution >= 4 is 11.6 Å². The SMILES string of the molecule is Cc1ccc(NC(=O)CN2CCN(Cc3ncccc3C)CC2)cc1F. The van der Waals surface area contributed by atoms with Crippen LogP contribution in [0, 0.1) is 19.7 Å². The predicted octanol–water partition coefficient (Wildman–Crippen LogP) is 2.59. The third kappa shape index (κ3) is 4.86. The lowest BCUT2D eigenvalue weighted by Gasteiger charge is -2.34. The maximum absolute atomic E-state index is 13.6. The molecule has 1 aromatic heterocycles. The number of nitrogens with one attached hydrogen (secondary N) is 1. The van der Waals surface area contributed by atoms with Crippen LogP contribution < -0.4 is 5.32 Å². The number of halogens is 1. The molecule has 5 nitrogen and oxygen atoms in total. The molecule has 0 unspecified atom stereocenters. The van der Waals surface area contributed by atoms with Crippen LogP contribution in [0.2, 0.25) is 0 Å². The van der Waals surface area contributed by atoms with Crippen LogP contribution in [-0.4, -0.2) is 53.4 Å². The lowest BCUT2D eigenvalue weighted by atomic mass is 10.2. The van der Waals surface area contributed by atoms with Crippen LogP contribution in [0.25, 0.3) is 0 Å². The minimum absolute atomic E-state index is 0.109. The molecule has 1 N–H and O–H groups in total. The Kier molecular flexibility index (Phi) is 5.96. The summed E-state index contributed by atoms with van der Waals surface area (Å²) in [7, 11) is 0. The number of aromatic nitrogens is 1. The Hall–Kier alpha value is -2.31. The predicted molar refractivity (Wildman–Crippen MR) is 100 cm³/mol. The fraction of sp³-hybridized carbons (Fsp3) is 0.400. The number of aryl methyl sites for hydroxylation is 2. The van der Waals surface area contributed by atoms with Crippen LogP contribution in [0.1, 0.15) is 16.8 Å². The molecule has 26 heavy (non-hydrogen) atoms. The quantitative estimate of drug-likeness (QED) is 0.895. The van der Waals surface area contributed by atoms with Crippen molar-refractivity contribution in [2.75, 3.05) is 38.0 Å². The van der Waals surface area contributed by atoms with E-state index in [0.717, 1.165) is 38.4 Å². The molecule has 1 aliphatic rings. The van der Waals surface area contributed by atoms with Gasteiger partial charge in [-0.1, -0.05) is 12.1 Å². The number of pyridine rings is 1. The van der Waals surface area contributed by atoms with Gasteiger partial charge in [-0.3, -0.25) is 19.6 Å².